The zero-order valence-corrected chi connectivity index (χ0v) is 11.9. The summed E-state index contributed by atoms with van der Waals surface area (Å²) < 4.78 is 5.60. The van der Waals surface area contributed by atoms with Crippen molar-refractivity contribution >= 4 is 16.8 Å². The van der Waals surface area contributed by atoms with Gasteiger partial charge in [0.15, 0.2) is 0 Å². The smallest absolute Gasteiger partial charge is 0.256 e. The fraction of sp³-hybridized carbons (Fsp3) is 0.0588. The van der Waals surface area contributed by atoms with Crippen molar-refractivity contribution in [1.82, 2.24) is 0 Å². The molecule has 21 heavy (non-hydrogen) atoms. The molecule has 0 spiro atoms. The molecule has 0 aliphatic heterocycles. The molecule has 4 heteroatoms. The lowest BCUT2D eigenvalue weighted by atomic mass is 10.0. The predicted octanol–water partition coefficient (Wildman–Crippen LogP) is 4.17. The van der Waals surface area contributed by atoms with Crippen LogP contribution in [0.15, 0.2) is 55.1 Å². The van der Waals surface area contributed by atoms with Gasteiger partial charge in [-0.1, -0.05) is 36.9 Å². The maximum absolute atomic E-state index is 11.5. The molecule has 104 valence electrons. The number of halogens is 1. The topological polar surface area (TPSA) is 50.1 Å². The minimum Gasteiger partial charge on any atom is -0.488 e. The molecule has 3 nitrogen and oxygen atoms in total. The standard InChI is InChI=1S/C17H12ClNO2/c1-2-10-21-16-14(4-3-5-15(16)17(18)20)13-8-6-12(11-19)7-9-13/h2-9H,1,10H2. The molecule has 0 heterocycles. The molecule has 2 rings (SSSR count). The first-order chi connectivity index (χ1) is 10.2. The first-order valence-corrected chi connectivity index (χ1v) is 6.62. The number of benzene rings is 2. The molecule has 0 atom stereocenters. The van der Waals surface area contributed by atoms with E-state index in [1.807, 2.05) is 6.07 Å². The van der Waals surface area contributed by atoms with Gasteiger partial charge in [0.1, 0.15) is 12.4 Å². The summed E-state index contributed by atoms with van der Waals surface area (Å²) >= 11 is 5.61. The molecule has 2 aromatic carbocycles. The van der Waals surface area contributed by atoms with E-state index in [2.05, 4.69) is 12.6 Å². The van der Waals surface area contributed by atoms with Gasteiger partial charge < -0.3 is 4.74 Å². The lowest BCUT2D eigenvalue weighted by molar-refractivity contribution is 0.107. The van der Waals surface area contributed by atoms with E-state index in [9.17, 15) is 4.79 Å². The second kappa shape index (κ2) is 6.74. The highest BCUT2D eigenvalue weighted by molar-refractivity contribution is 6.68. The van der Waals surface area contributed by atoms with Crippen LogP contribution in [0.5, 0.6) is 5.75 Å². The van der Waals surface area contributed by atoms with Crippen LogP contribution >= 0.6 is 11.6 Å². The van der Waals surface area contributed by atoms with Gasteiger partial charge in [-0.15, -0.1) is 0 Å². The summed E-state index contributed by atoms with van der Waals surface area (Å²) in [6, 6.07) is 14.3. The Hall–Kier alpha value is -2.57. The minimum absolute atomic E-state index is 0.268. The molecule has 0 saturated carbocycles. The Labute approximate surface area is 128 Å². The molecular weight excluding hydrogens is 286 g/mol. The van der Waals surface area contributed by atoms with Gasteiger partial charge in [0.05, 0.1) is 17.2 Å². The van der Waals surface area contributed by atoms with Crippen molar-refractivity contribution in [3.8, 4) is 22.9 Å². The van der Waals surface area contributed by atoms with Gasteiger partial charge in [0.2, 0.25) is 0 Å². The number of rotatable bonds is 5. The number of para-hydroxylation sites is 1. The molecule has 0 bridgehead atoms. The number of ether oxygens (including phenoxy) is 1. The lowest BCUT2D eigenvalue weighted by Crippen LogP contribution is -2.01. The number of hydrogen-bond acceptors (Lipinski definition) is 3. The first-order valence-electron chi connectivity index (χ1n) is 6.24. The summed E-state index contributed by atoms with van der Waals surface area (Å²) in [5.41, 5.74) is 2.46. The summed E-state index contributed by atoms with van der Waals surface area (Å²) in [7, 11) is 0. The van der Waals surface area contributed by atoms with Crippen molar-refractivity contribution in [2.24, 2.45) is 0 Å². The Balaban J connectivity index is 2.55. The van der Waals surface area contributed by atoms with Gasteiger partial charge in [-0.3, -0.25) is 4.79 Å². The Morgan fingerprint density at radius 1 is 1.29 bits per heavy atom. The van der Waals surface area contributed by atoms with Gasteiger partial charge in [-0.05, 0) is 35.4 Å². The van der Waals surface area contributed by atoms with Crippen LogP contribution in [0.2, 0.25) is 0 Å². The van der Waals surface area contributed by atoms with Crippen LogP contribution in [0.4, 0.5) is 0 Å². The van der Waals surface area contributed by atoms with Crippen LogP contribution in [0, 0.1) is 11.3 Å². The summed E-state index contributed by atoms with van der Waals surface area (Å²) in [4.78, 5) is 11.5. The third-order valence-electron chi connectivity index (χ3n) is 2.90. The van der Waals surface area contributed by atoms with Gasteiger partial charge >= 0.3 is 0 Å². The fourth-order valence-corrected chi connectivity index (χ4v) is 2.09. The van der Waals surface area contributed by atoms with Gasteiger partial charge in [0, 0.05) is 5.56 Å². The second-order valence-corrected chi connectivity index (χ2v) is 4.59. The average Bonchev–Trinajstić information content (AvgIpc) is 2.52. The van der Waals surface area contributed by atoms with E-state index in [4.69, 9.17) is 21.6 Å². The van der Waals surface area contributed by atoms with E-state index in [1.54, 1.807) is 42.5 Å². The summed E-state index contributed by atoms with van der Waals surface area (Å²) in [6.45, 7) is 3.86. The van der Waals surface area contributed by atoms with E-state index in [1.165, 1.54) is 0 Å². The zero-order chi connectivity index (χ0) is 15.2. The minimum atomic E-state index is -0.579. The molecular formula is C17H12ClNO2. The van der Waals surface area contributed by atoms with E-state index >= 15 is 0 Å². The molecule has 0 fully saturated rings. The van der Waals surface area contributed by atoms with Gasteiger partial charge in [-0.25, -0.2) is 0 Å². The molecule has 0 saturated heterocycles. The Bertz CT molecular complexity index is 715. The molecule has 0 amide bonds. The number of nitriles is 1. The van der Waals surface area contributed by atoms with E-state index in [0.29, 0.717) is 16.9 Å². The highest BCUT2D eigenvalue weighted by Gasteiger charge is 2.15. The van der Waals surface area contributed by atoms with Gasteiger partial charge in [-0.2, -0.15) is 5.26 Å². The highest BCUT2D eigenvalue weighted by Crippen LogP contribution is 2.34. The summed E-state index contributed by atoms with van der Waals surface area (Å²) in [6.07, 6.45) is 1.60. The number of hydrogen-bond donors (Lipinski definition) is 0. The van der Waals surface area contributed by atoms with Crippen LogP contribution in [0.25, 0.3) is 11.1 Å². The maximum Gasteiger partial charge on any atom is 0.256 e. The van der Waals surface area contributed by atoms with Crippen LogP contribution in [0.1, 0.15) is 15.9 Å². The average molecular weight is 298 g/mol. The van der Waals surface area contributed by atoms with Crippen molar-refractivity contribution in [3.05, 3.63) is 66.2 Å². The number of carbonyl (C=O) groups excluding carboxylic acids is 1. The van der Waals surface area contributed by atoms with Crippen molar-refractivity contribution in [2.75, 3.05) is 6.61 Å². The van der Waals surface area contributed by atoms with Crippen LogP contribution in [0.3, 0.4) is 0 Å². The lowest BCUT2D eigenvalue weighted by Gasteiger charge is -2.13. The molecule has 0 radical (unpaired) electrons. The Morgan fingerprint density at radius 3 is 2.57 bits per heavy atom. The van der Waals surface area contributed by atoms with Crippen molar-refractivity contribution in [1.29, 1.82) is 5.26 Å². The summed E-state index contributed by atoms with van der Waals surface area (Å²) in [5, 5.41) is 8.26. The predicted molar refractivity (Wildman–Crippen MR) is 82.5 cm³/mol. The molecule has 0 aliphatic carbocycles. The van der Waals surface area contributed by atoms with E-state index < -0.39 is 5.24 Å². The van der Waals surface area contributed by atoms with Crippen molar-refractivity contribution in [3.63, 3.8) is 0 Å². The van der Waals surface area contributed by atoms with E-state index in [0.717, 1.165) is 11.1 Å². The molecule has 0 N–H and O–H groups in total. The Kier molecular flexibility index (Phi) is 4.76. The normalized spacial score (nSPS) is 9.71. The highest BCUT2D eigenvalue weighted by atomic mass is 35.5. The molecule has 0 unspecified atom stereocenters. The molecule has 0 aliphatic rings. The monoisotopic (exact) mass is 297 g/mol. The van der Waals surface area contributed by atoms with E-state index in [-0.39, 0.29) is 6.61 Å². The third kappa shape index (κ3) is 3.31. The van der Waals surface area contributed by atoms with Crippen LogP contribution in [-0.2, 0) is 0 Å². The maximum atomic E-state index is 11.5. The van der Waals surface area contributed by atoms with Gasteiger partial charge in [0.25, 0.3) is 5.24 Å². The van der Waals surface area contributed by atoms with Crippen molar-refractivity contribution < 1.29 is 9.53 Å². The quantitative estimate of drug-likeness (QED) is 0.615. The van der Waals surface area contributed by atoms with Crippen LogP contribution < -0.4 is 4.74 Å². The first kappa shape index (κ1) is 14.8. The Morgan fingerprint density at radius 2 is 2.00 bits per heavy atom. The summed E-state index contributed by atoms with van der Waals surface area (Å²) in [5.74, 6) is 0.419. The molecule has 2 aromatic rings. The zero-order valence-electron chi connectivity index (χ0n) is 11.2. The molecule has 0 aromatic heterocycles. The van der Waals surface area contributed by atoms with Crippen molar-refractivity contribution in [2.45, 2.75) is 0 Å². The largest absolute Gasteiger partial charge is 0.488 e. The van der Waals surface area contributed by atoms with Crippen LogP contribution in [-0.4, -0.2) is 11.8 Å². The third-order valence-corrected chi connectivity index (χ3v) is 3.10. The second-order valence-electron chi connectivity index (χ2n) is 4.24. The number of nitrogens with zero attached hydrogens (tertiary/aromatic N) is 1. The SMILES string of the molecule is C=CCOc1c(C(=O)Cl)cccc1-c1ccc(C#N)cc1. The number of carbonyl (C=O) groups is 1. The fourth-order valence-electron chi connectivity index (χ4n) is 1.94.